The maximum atomic E-state index is 12.5. The Morgan fingerprint density at radius 2 is 1.67 bits per heavy atom. The maximum absolute atomic E-state index is 12.5. The van der Waals surface area contributed by atoms with Crippen molar-refractivity contribution < 1.29 is 17.9 Å². The second kappa shape index (κ2) is 8.35. The third kappa shape index (κ3) is 4.30. The number of sulfonamides is 1. The van der Waals surface area contributed by atoms with Gasteiger partial charge in [-0.05, 0) is 23.6 Å². The normalized spacial score (nSPS) is 11.5. The first kappa shape index (κ1) is 19.8. The SMILES string of the molecule is COc1ccc(S(=O)(=O)NCCOc2cccc3ccccc23)c(Cl)c1Cl. The fourth-order valence-electron chi connectivity index (χ4n) is 2.62. The summed E-state index contributed by atoms with van der Waals surface area (Å²) in [4.78, 5) is -0.111. The molecule has 5 nitrogen and oxygen atoms in total. The molecule has 8 heteroatoms. The average Bonchev–Trinajstić information content (AvgIpc) is 2.67. The van der Waals surface area contributed by atoms with E-state index in [2.05, 4.69) is 4.72 Å². The van der Waals surface area contributed by atoms with Crippen LogP contribution in [0.1, 0.15) is 0 Å². The minimum atomic E-state index is -3.84. The second-order valence-electron chi connectivity index (χ2n) is 5.62. The summed E-state index contributed by atoms with van der Waals surface area (Å²) < 4.78 is 38.2. The number of fused-ring (bicyclic) bond motifs is 1. The Kier molecular flexibility index (Phi) is 6.11. The van der Waals surface area contributed by atoms with Gasteiger partial charge in [0.2, 0.25) is 10.0 Å². The number of methoxy groups -OCH3 is 1. The van der Waals surface area contributed by atoms with Gasteiger partial charge >= 0.3 is 0 Å². The third-order valence-electron chi connectivity index (χ3n) is 3.92. The van der Waals surface area contributed by atoms with Crippen molar-refractivity contribution in [2.24, 2.45) is 0 Å². The Morgan fingerprint density at radius 1 is 0.926 bits per heavy atom. The molecule has 0 amide bonds. The van der Waals surface area contributed by atoms with Gasteiger partial charge in [-0.3, -0.25) is 0 Å². The molecule has 0 atom stereocenters. The van der Waals surface area contributed by atoms with Crippen LogP contribution in [0.15, 0.2) is 59.5 Å². The lowest BCUT2D eigenvalue weighted by atomic mass is 10.1. The van der Waals surface area contributed by atoms with Crippen LogP contribution in [-0.4, -0.2) is 28.7 Å². The van der Waals surface area contributed by atoms with Gasteiger partial charge in [0.25, 0.3) is 0 Å². The lowest BCUT2D eigenvalue weighted by molar-refractivity contribution is 0.326. The summed E-state index contributed by atoms with van der Waals surface area (Å²) in [5.41, 5.74) is 0. The van der Waals surface area contributed by atoms with E-state index in [1.54, 1.807) is 0 Å². The number of halogens is 2. The van der Waals surface area contributed by atoms with Crippen LogP contribution in [0, 0.1) is 0 Å². The number of rotatable bonds is 7. The summed E-state index contributed by atoms with van der Waals surface area (Å²) in [6.45, 7) is 0.236. The van der Waals surface area contributed by atoms with Crippen LogP contribution in [0.25, 0.3) is 10.8 Å². The molecule has 3 rings (SSSR count). The zero-order valence-electron chi connectivity index (χ0n) is 14.4. The van der Waals surface area contributed by atoms with Gasteiger partial charge in [-0.1, -0.05) is 59.6 Å². The molecule has 0 fully saturated rings. The smallest absolute Gasteiger partial charge is 0.242 e. The van der Waals surface area contributed by atoms with Crippen LogP contribution < -0.4 is 14.2 Å². The minimum absolute atomic E-state index is 0.0500. The predicted octanol–water partition coefficient (Wildman–Crippen LogP) is 4.51. The van der Waals surface area contributed by atoms with Crippen LogP contribution in [0.5, 0.6) is 11.5 Å². The van der Waals surface area contributed by atoms with Crippen LogP contribution in [-0.2, 0) is 10.0 Å². The standard InChI is InChI=1S/C19H17Cl2NO4S/c1-25-16-9-10-17(19(21)18(16)20)27(23,24)22-11-12-26-15-8-4-6-13-5-2-3-7-14(13)15/h2-10,22H,11-12H2,1H3. The summed E-state index contributed by atoms with van der Waals surface area (Å²) in [5, 5.41) is 1.98. The Morgan fingerprint density at radius 3 is 2.44 bits per heavy atom. The van der Waals surface area contributed by atoms with Gasteiger partial charge in [-0.15, -0.1) is 0 Å². The number of hydrogen-bond donors (Lipinski definition) is 1. The quantitative estimate of drug-likeness (QED) is 0.565. The van der Waals surface area contributed by atoms with Crippen molar-refractivity contribution in [1.29, 1.82) is 0 Å². The second-order valence-corrected chi connectivity index (χ2v) is 8.11. The molecule has 0 spiro atoms. The molecule has 3 aromatic carbocycles. The van der Waals surface area contributed by atoms with Crippen LogP contribution in [0.2, 0.25) is 10.0 Å². The first-order chi connectivity index (χ1) is 12.9. The summed E-state index contributed by atoms with van der Waals surface area (Å²) in [6.07, 6.45) is 0. The average molecular weight is 426 g/mol. The van der Waals surface area contributed by atoms with Crippen molar-refractivity contribution in [3.8, 4) is 11.5 Å². The predicted molar refractivity (Wildman–Crippen MR) is 108 cm³/mol. The van der Waals surface area contributed by atoms with Gasteiger partial charge in [-0.2, -0.15) is 0 Å². The highest BCUT2D eigenvalue weighted by atomic mass is 35.5. The van der Waals surface area contributed by atoms with E-state index >= 15 is 0 Å². The highest BCUT2D eigenvalue weighted by molar-refractivity contribution is 7.89. The monoisotopic (exact) mass is 425 g/mol. The zero-order valence-corrected chi connectivity index (χ0v) is 16.7. The zero-order chi connectivity index (χ0) is 19.4. The Hall–Kier alpha value is -1.99. The molecule has 0 aromatic heterocycles. The molecule has 0 aliphatic heterocycles. The van der Waals surface area contributed by atoms with E-state index in [0.717, 1.165) is 10.8 Å². The highest BCUT2D eigenvalue weighted by Crippen LogP contribution is 2.36. The van der Waals surface area contributed by atoms with E-state index in [0.29, 0.717) is 11.5 Å². The van der Waals surface area contributed by atoms with Crippen molar-refractivity contribution in [3.05, 3.63) is 64.6 Å². The molecular weight excluding hydrogens is 409 g/mol. The van der Waals surface area contributed by atoms with Gasteiger partial charge in [0.15, 0.2) is 0 Å². The van der Waals surface area contributed by atoms with Crippen molar-refractivity contribution in [1.82, 2.24) is 4.72 Å². The molecule has 0 aliphatic rings. The van der Waals surface area contributed by atoms with Crippen molar-refractivity contribution in [3.63, 3.8) is 0 Å². The number of hydrogen-bond acceptors (Lipinski definition) is 4. The molecule has 0 saturated carbocycles. The molecule has 0 unspecified atom stereocenters. The lowest BCUT2D eigenvalue weighted by Crippen LogP contribution is -2.28. The Balaban J connectivity index is 1.67. The topological polar surface area (TPSA) is 64.6 Å². The highest BCUT2D eigenvalue weighted by Gasteiger charge is 2.21. The fraction of sp³-hybridized carbons (Fsp3) is 0.158. The largest absolute Gasteiger partial charge is 0.495 e. The first-order valence-corrected chi connectivity index (χ1v) is 10.3. The van der Waals surface area contributed by atoms with E-state index in [1.807, 2.05) is 42.5 Å². The molecule has 27 heavy (non-hydrogen) atoms. The van der Waals surface area contributed by atoms with E-state index in [9.17, 15) is 8.42 Å². The number of nitrogens with one attached hydrogen (secondary N) is 1. The molecule has 3 aromatic rings. The van der Waals surface area contributed by atoms with Crippen LogP contribution in [0.4, 0.5) is 0 Å². The van der Waals surface area contributed by atoms with Crippen LogP contribution >= 0.6 is 23.2 Å². The van der Waals surface area contributed by atoms with E-state index in [-0.39, 0.29) is 28.1 Å². The van der Waals surface area contributed by atoms with Gasteiger partial charge in [0.1, 0.15) is 28.0 Å². The van der Waals surface area contributed by atoms with Crippen molar-refractivity contribution >= 4 is 44.0 Å². The lowest BCUT2D eigenvalue weighted by Gasteiger charge is -2.12. The van der Waals surface area contributed by atoms with Gasteiger partial charge < -0.3 is 9.47 Å². The number of ether oxygens (including phenoxy) is 2. The van der Waals surface area contributed by atoms with Crippen molar-refractivity contribution in [2.75, 3.05) is 20.3 Å². The summed E-state index contributed by atoms with van der Waals surface area (Å²) in [5.74, 6) is 0.998. The molecule has 142 valence electrons. The van der Waals surface area contributed by atoms with Gasteiger partial charge in [-0.25, -0.2) is 13.1 Å². The van der Waals surface area contributed by atoms with Gasteiger partial charge in [0.05, 0.1) is 12.1 Å². The van der Waals surface area contributed by atoms with E-state index in [4.69, 9.17) is 32.7 Å². The minimum Gasteiger partial charge on any atom is -0.495 e. The Labute approximate surface area is 167 Å². The Bertz CT molecular complexity index is 1070. The molecule has 0 heterocycles. The molecule has 0 radical (unpaired) electrons. The molecule has 1 N–H and O–H groups in total. The van der Waals surface area contributed by atoms with E-state index < -0.39 is 10.0 Å². The number of benzene rings is 3. The summed E-state index contributed by atoms with van der Waals surface area (Å²) in [6, 6.07) is 16.3. The summed E-state index contributed by atoms with van der Waals surface area (Å²) >= 11 is 12.1. The molecular formula is C19H17Cl2NO4S. The first-order valence-electron chi connectivity index (χ1n) is 8.06. The molecule has 0 bridgehead atoms. The van der Waals surface area contributed by atoms with Gasteiger partial charge in [0, 0.05) is 11.9 Å². The fourth-order valence-corrected chi connectivity index (χ4v) is 4.47. The van der Waals surface area contributed by atoms with Crippen LogP contribution in [0.3, 0.4) is 0 Å². The maximum Gasteiger partial charge on any atom is 0.242 e. The molecule has 0 saturated heterocycles. The van der Waals surface area contributed by atoms with E-state index in [1.165, 1.54) is 19.2 Å². The third-order valence-corrected chi connectivity index (χ3v) is 6.40. The van der Waals surface area contributed by atoms with Crippen molar-refractivity contribution in [2.45, 2.75) is 4.90 Å². The molecule has 0 aliphatic carbocycles. The summed E-state index contributed by atoms with van der Waals surface area (Å²) in [7, 11) is -2.41.